The van der Waals surface area contributed by atoms with E-state index in [1.54, 1.807) is 18.0 Å². The molecule has 0 unspecified atom stereocenters. The van der Waals surface area contributed by atoms with Crippen LogP contribution in [0.4, 0.5) is 0 Å². The normalized spacial score (nSPS) is 11.5. The van der Waals surface area contributed by atoms with Crippen LogP contribution in [-0.2, 0) is 10.5 Å². The van der Waals surface area contributed by atoms with E-state index in [1.165, 1.54) is 34.2 Å². The van der Waals surface area contributed by atoms with Gasteiger partial charge in [-0.25, -0.2) is 5.43 Å². The van der Waals surface area contributed by atoms with Gasteiger partial charge < -0.3 is 0 Å². The SMILES string of the molecule is Cc1ccc(CSc2nnc(SCC(=O)NN=Cc3c4ccccc4cc4ccccc34)s2)cc1. The number of nitrogens with zero attached hydrogens (tertiary/aromatic N) is 3. The number of nitrogens with one attached hydrogen (secondary N) is 1. The van der Waals surface area contributed by atoms with Gasteiger partial charge in [-0.05, 0) is 40.1 Å². The molecule has 8 heteroatoms. The molecule has 0 saturated heterocycles. The van der Waals surface area contributed by atoms with Crippen molar-refractivity contribution in [3.63, 3.8) is 0 Å². The smallest absolute Gasteiger partial charge is 0.250 e. The Morgan fingerprint density at radius 3 is 2.23 bits per heavy atom. The summed E-state index contributed by atoms with van der Waals surface area (Å²) in [6.07, 6.45) is 1.73. The number of hydrazone groups is 1. The molecule has 0 bridgehead atoms. The van der Waals surface area contributed by atoms with Gasteiger partial charge in [-0.15, -0.1) is 10.2 Å². The first-order valence-electron chi connectivity index (χ1n) is 11.0. The number of benzene rings is 4. The number of hydrogen-bond acceptors (Lipinski definition) is 7. The standard InChI is InChI=1S/C27H22N4OS3/c1-18-10-12-19(13-11-18)16-33-26-30-31-27(35-26)34-17-25(32)29-28-15-24-22-8-4-2-6-20(22)14-21-7-3-5-9-23(21)24/h2-15H,16-17H2,1H3,(H,29,32). The molecule has 174 valence electrons. The average Bonchev–Trinajstić information content (AvgIpc) is 3.34. The highest BCUT2D eigenvalue weighted by Crippen LogP contribution is 2.31. The van der Waals surface area contributed by atoms with Crippen molar-refractivity contribution in [3.8, 4) is 0 Å². The van der Waals surface area contributed by atoms with E-state index in [2.05, 4.69) is 82.2 Å². The number of fused-ring (bicyclic) bond motifs is 2. The number of rotatable bonds is 8. The third kappa shape index (κ3) is 5.90. The van der Waals surface area contributed by atoms with E-state index in [1.807, 2.05) is 24.3 Å². The predicted molar refractivity (Wildman–Crippen MR) is 149 cm³/mol. The lowest BCUT2D eigenvalue weighted by Crippen LogP contribution is -2.19. The molecular formula is C27H22N4OS3. The highest BCUT2D eigenvalue weighted by Gasteiger charge is 2.09. The number of aromatic nitrogens is 2. The van der Waals surface area contributed by atoms with Crippen LogP contribution in [0, 0.1) is 6.92 Å². The van der Waals surface area contributed by atoms with Crippen LogP contribution in [0.5, 0.6) is 0 Å². The first-order valence-corrected chi connectivity index (χ1v) is 13.8. The van der Waals surface area contributed by atoms with Crippen molar-refractivity contribution in [2.45, 2.75) is 21.4 Å². The van der Waals surface area contributed by atoms with Gasteiger partial charge in [0.1, 0.15) is 0 Å². The third-order valence-corrected chi connectivity index (χ3v) is 8.65. The lowest BCUT2D eigenvalue weighted by Gasteiger charge is -2.07. The molecule has 35 heavy (non-hydrogen) atoms. The maximum atomic E-state index is 12.4. The summed E-state index contributed by atoms with van der Waals surface area (Å²) >= 11 is 4.53. The molecule has 0 aliphatic rings. The van der Waals surface area contributed by atoms with Gasteiger partial charge in [0.15, 0.2) is 8.68 Å². The largest absolute Gasteiger partial charge is 0.272 e. The fourth-order valence-corrected chi connectivity index (χ4v) is 6.43. The topological polar surface area (TPSA) is 67.2 Å². The monoisotopic (exact) mass is 514 g/mol. The molecule has 0 spiro atoms. The Kier molecular flexibility index (Phi) is 7.42. The van der Waals surface area contributed by atoms with Crippen LogP contribution in [0.3, 0.4) is 0 Å². The summed E-state index contributed by atoms with van der Waals surface area (Å²) in [6.45, 7) is 2.08. The molecule has 0 atom stereocenters. The summed E-state index contributed by atoms with van der Waals surface area (Å²) in [5.41, 5.74) is 6.14. The van der Waals surface area contributed by atoms with Crippen molar-refractivity contribution in [2.75, 3.05) is 5.75 Å². The number of thioether (sulfide) groups is 2. The molecule has 0 aliphatic carbocycles. The van der Waals surface area contributed by atoms with Crippen LogP contribution >= 0.6 is 34.9 Å². The van der Waals surface area contributed by atoms with Crippen LogP contribution in [0.2, 0.25) is 0 Å². The number of aryl methyl sites for hydroxylation is 1. The lowest BCUT2D eigenvalue weighted by atomic mass is 9.97. The van der Waals surface area contributed by atoms with E-state index in [4.69, 9.17) is 0 Å². The summed E-state index contributed by atoms with van der Waals surface area (Å²) in [6, 6.07) is 27.1. The van der Waals surface area contributed by atoms with Crippen LogP contribution in [0.15, 0.2) is 92.6 Å². The van der Waals surface area contributed by atoms with Gasteiger partial charge in [0.25, 0.3) is 5.91 Å². The van der Waals surface area contributed by atoms with E-state index < -0.39 is 0 Å². The molecule has 0 radical (unpaired) electrons. The van der Waals surface area contributed by atoms with E-state index in [-0.39, 0.29) is 11.7 Å². The predicted octanol–water partition coefficient (Wildman–Crippen LogP) is 6.69. The van der Waals surface area contributed by atoms with Crippen LogP contribution in [0.25, 0.3) is 21.5 Å². The Morgan fingerprint density at radius 1 is 0.914 bits per heavy atom. The van der Waals surface area contributed by atoms with E-state index in [0.29, 0.717) is 0 Å². The van der Waals surface area contributed by atoms with Gasteiger partial charge in [-0.3, -0.25) is 4.79 Å². The third-order valence-electron chi connectivity index (χ3n) is 5.39. The summed E-state index contributed by atoms with van der Waals surface area (Å²) in [5, 5.41) is 17.2. The number of amides is 1. The molecule has 5 rings (SSSR count). The second-order valence-corrected chi connectivity index (χ2v) is 11.3. The van der Waals surface area contributed by atoms with Crippen LogP contribution in [-0.4, -0.2) is 28.1 Å². The van der Waals surface area contributed by atoms with E-state index >= 15 is 0 Å². The molecule has 5 aromatic rings. The first kappa shape index (κ1) is 23.5. The molecular weight excluding hydrogens is 493 g/mol. The minimum Gasteiger partial charge on any atom is -0.272 e. The van der Waals surface area contributed by atoms with Crippen molar-refractivity contribution in [1.82, 2.24) is 15.6 Å². The second-order valence-electron chi connectivity index (χ2n) is 7.92. The average molecular weight is 515 g/mol. The molecule has 1 heterocycles. The molecule has 5 nitrogen and oxygen atoms in total. The maximum Gasteiger partial charge on any atom is 0.250 e. The van der Waals surface area contributed by atoms with Crippen LogP contribution < -0.4 is 5.43 Å². The van der Waals surface area contributed by atoms with Gasteiger partial charge in [-0.2, -0.15) is 5.10 Å². The molecule has 0 fully saturated rings. The quantitative estimate of drug-likeness (QED) is 0.108. The van der Waals surface area contributed by atoms with Crippen molar-refractivity contribution in [3.05, 3.63) is 95.6 Å². The zero-order valence-corrected chi connectivity index (χ0v) is 21.4. The molecule has 0 saturated carbocycles. The van der Waals surface area contributed by atoms with Gasteiger partial charge in [0, 0.05) is 11.3 Å². The van der Waals surface area contributed by atoms with Gasteiger partial charge in [0.2, 0.25) is 0 Å². The molecule has 1 N–H and O–H groups in total. The summed E-state index contributed by atoms with van der Waals surface area (Å²) in [5.74, 6) is 0.891. The van der Waals surface area contributed by atoms with Crippen molar-refractivity contribution < 1.29 is 4.79 Å². The molecule has 1 aromatic heterocycles. The summed E-state index contributed by atoms with van der Waals surface area (Å²) in [4.78, 5) is 12.4. The lowest BCUT2D eigenvalue weighted by molar-refractivity contribution is -0.118. The Hall–Kier alpha value is -3.20. The van der Waals surface area contributed by atoms with Crippen molar-refractivity contribution >= 4 is 68.5 Å². The Balaban J connectivity index is 1.18. The zero-order chi connectivity index (χ0) is 24.0. The maximum absolute atomic E-state index is 12.4. The zero-order valence-electron chi connectivity index (χ0n) is 19.0. The van der Waals surface area contributed by atoms with Crippen molar-refractivity contribution in [2.24, 2.45) is 5.10 Å². The Morgan fingerprint density at radius 2 is 1.54 bits per heavy atom. The number of carbonyl (C=O) groups is 1. The molecule has 1 amide bonds. The van der Waals surface area contributed by atoms with Gasteiger partial charge in [-0.1, -0.05) is 113 Å². The second kappa shape index (κ2) is 11.0. The molecule has 4 aromatic carbocycles. The first-order chi connectivity index (χ1) is 17.2. The highest BCUT2D eigenvalue weighted by atomic mass is 32.2. The minimum absolute atomic E-state index is 0.181. The van der Waals surface area contributed by atoms with Gasteiger partial charge in [0.05, 0.1) is 12.0 Å². The van der Waals surface area contributed by atoms with Crippen LogP contribution in [0.1, 0.15) is 16.7 Å². The Labute approximate surface area is 216 Å². The summed E-state index contributed by atoms with van der Waals surface area (Å²) in [7, 11) is 0. The Bertz CT molecular complexity index is 1460. The van der Waals surface area contributed by atoms with Gasteiger partial charge >= 0.3 is 0 Å². The highest BCUT2D eigenvalue weighted by molar-refractivity contribution is 8.03. The fraction of sp³-hybridized carbons (Fsp3) is 0.111. The van der Waals surface area contributed by atoms with Crippen molar-refractivity contribution in [1.29, 1.82) is 0 Å². The number of hydrogen-bond donors (Lipinski definition) is 1. The fourth-order valence-electron chi connectivity index (χ4n) is 3.66. The minimum atomic E-state index is -0.181. The molecule has 0 aliphatic heterocycles. The van der Waals surface area contributed by atoms with E-state index in [0.717, 1.165) is 41.5 Å². The number of carbonyl (C=O) groups excluding carboxylic acids is 1. The van der Waals surface area contributed by atoms with E-state index in [9.17, 15) is 4.79 Å². The summed E-state index contributed by atoms with van der Waals surface area (Å²) < 4.78 is 1.67.